The van der Waals surface area contributed by atoms with Crippen molar-refractivity contribution < 1.29 is 13.2 Å². The molecule has 3 rings (SSSR count). The van der Waals surface area contributed by atoms with E-state index in [1.54, 1.807) is 31.5 Å². The summed E-state index contributed by atoms with van der Waals surface area (Å²) in [7, 11) is 0. The average Bonchev–Trinajstić information content (AvgIpc) is 2.99. The van der Waals surface area contributed by atoms with E-state index in [4.69, 9.17) is 5.73 Å². The molecule has 1 unspecified atom stereocenters. The van der Waals surface area contributed by atoms with Crippen molar-refractivity contribution in [2.24, 2.45) is 5.73 Å². The Kier molecular flexibility index (Phi) is 4.14. The van der Waals surface area contributed by atoms with Gasteiger partial charge in [0.15, 0.2) is 17.5 Å². The summed E-state index contributed by atoms with van der Waals surface area (Å²) in [5.41, 5.74) is 6.85. The van der Waals surface area contributed by atoms with Gasteiger partial charge < -0.3 is 5.73 Å². The molecule has 7 heteroatoms. The third-order valence-electron chi connectivity index (χ3n) is 3.28. The zero-order chi connectivity index (χ0) is 16.6. The number of halogens is 3. The Morgan fingerprint density at radius 1 is 1.04 bits per heavy atom. The molecule has 0 saturated carbocycles. The van der Waals surface area contributed by atoms with Crippen molar-refractivity contribution in [2.75, 3.05) is 0 Å². The quantitative estimate of drug-likeness (QED) is 0.726. The standard InChI is InChI=1S/C16H12F3N3S/c1-8(20)15-14(10-2-3-11(17)13(19)12(10)18)22-16(23-15)9-4-6-21-7-5-9/h2-8H,20H2,1H3. The highest BCUT2D eigenvalue weighted by Crippen LogP contribution is 2.38. The summed E-state index contributed by atoms with van der Waals surface area (Å²) in [5.74, 6) is -4.02. The minimum Gasteiger partial charge on any atom is -0.323 e. The van der Waals surface area contributed by atoms with Crippen LogP contribution in [0, 0.1) is 17.5 Å². The molecule has 2 aromatic heterocycles. The van der Waals surface area contributed by atoms with Crippen molar-refractivity contribution in [2.45, 2.75) is 13.0 Å². The van der Waals surface area contributed by atoms with Crippen molar-refractivity contribution in [1.29, 1.82) is 0 Å². The normalized spacial score (nSPS) is 12.4. The summed E-state index contributed by atoms with van der Waals surface area (Å²) >= 11 is 1.29. The molecule has 118 valence electrons. The van der Waals surface area contributed by atoms with E-state index in [0.29, 0.717) is 9.88 Å². The molecule has 2 N–H and O–H groups in total. The van der Waals surface area contributed by atoms with E-state index >= 15 is 0 Å². The Hall–Kier alpha value is -2.25. The second-order valence-electron chi connectivity index (χ2n) is 4.98. The first-order valence-corrected chi connectivity index (χ1v) is 7.61. The lowest BCUT2D eigenvalue weighted by Gasteiger charge is -2.07. The molecule has 3 aromatic rings. The van der Waals surface area contributed by atoms with Crippen molar-refractivity contribution in [1.82, 2.24) is 9.97 Å². The number of aromatic nitrogens is 2. The fraction of sp³-hybridized carbons (Fsp3) is 0.125. The summed E-state index contributed by atoms with van der Waals surface area (Å²) in [5, 5.41) is 0.610. The molecule has 23 heavy (non-hydrogen) atoms. The van der Waals surface area contributed by atoms with Crippen LogP contribution < -0.4 is 5.73 Å². The molecule has 0 radical (unpaired) electrons. The average molecular weight is 335 g/mol. The zero-order valence-corrected chi connectivity index (χ0v) is 12.9. The second kappa shape index (κ2) is 6.10. The summed E-state index contributed by atoms with van der Waals surface area (Å²) in [6.45, 7) is 1.73. The number of benzene rings is 1. The summed E-state index contributed by atoms with van der Waals surface area (Å²) in [4.78, 5) is 8.91. The van der Waals surface area contributed by atoms with Crippen LogP contribution in [0.25, 0.3) is 21.8 Å². The van der Waals surface area contributed by atoms with Crippen LogP contribution in [0.2, 0.25) is 0 Å². The Labute approximate surface area is 134 Å². The van der Waals surface area contributed by atoms with Gasteiger partial charge in [-0.3, -0.25) is 4.98 Å². The van der Waals surface area contributed by atoms with Crippen LogP contribution in [0.4, 0.5) is 13.2 Å². The van der Waals surface area contributed by atoms with Crippen LogP contribution in [-0.4, -0.2) is 9.97 Å². The molecule has 0 saturated heterocycles. The second-order valence-corrected chi connectivity index (χ2v) is 6.01. The number of nitrogens with zero attached hydrogens (tertiary/aromatic N) is 2. The lowest BCUT2D eigenvalue weighted by Crippen LogP contribution is -2.05. The van der Waals surface area contributed by atoms with E-state index in [0.717, 1.165) is 11.6 Å². The van der Waals surface area contributed by atoms with Gasteiger partial charge in [0.25, 0.3) is 0 Å². The first-order valence-electron chi connectivity index (χ1n) is 6.79. The molecule has 0 aliphatic heterocycles. The van der Waals surface area contributed by atoms with Gasteiger partial charge in [0.05, 0.1) is 5.69 Å². The Balaban J connectivity index is 2.20. The fourth-order valence-corrected chi connectivity index (χ4v) is 3.20. The van der Waals surface area contributed by atoms with Gasteiger partial charge >= 0.3 is 0 Å². The van der Waals surface area contributed by atoms with E-state index < -0.39 is 23.5 Å². The van der Waals surface area contributed by atoms with Crippen LogP contribution in [0.5, 0.6) is 0 Å². The molecule has 0 aliphatic rings. The van der Waals surface area contributed by atoms with Gasteiger partial charge in [-0.25, -0.2) is 18.2 Å². The predicted molar refractivity (Wildman–Crippen MR) is 83.3 cm³/mol. The minimum atomic E-state index is -1.52. The lowest BCUT2D eigenvalue weighted by molar-refractivity contribution is 0.448. The maximum absolute atomic E-state index is 14.1. The topological polar surface area (TPSA) is 51.8 Å². The third kappa shape index (κ3) is 2.85. The maximum Gasteiger partial charge on any atom is 0.195 e. The number of thiazole rings is 1. The number of nitrogens with two attached hydrogens (primary N) is 1. The van der Waals surface area contributed by atoms with Gasteiger partial charge in [-0.05, 0) is 31.2 Å². The smallest absolute Gasteiger partial charge is 0.195 e. The van der Waals surface area contributed by atoms with E-state index in [-0.39, 0.29) is 11.3 Å². The number of rotatable bonds is 3. The monoisotopic (exact) mass is 335 g/mol. The Morgan fingerprint density at radius 3 is 2.39 bits per heavy atom. The Morgan fingerprint density at radius 2 is 1.74 bits per heavy atom. The van der Waals surface area contributed by atoms with Gasteiger partial charge in [-0.2, -0.15) is 0 Å². The molecule has 0 fully saturated rings. The van der Waals surface area contributed by atoms with Crippen molar-refractivity contribution in [3.05, 3.63) is 59.0 Å². The zero-order valence-electron chi connectivity index (χ0n) is 12.1. The van der Waals surface area contributed by atoms with Crippen molar-refractivity contribution in [3.8, 4) is 21.8 Å². The number of pyridine rings is 1. The molecular weight excluding hydrogens is 323 g/mol. The molecule has 3 nitrogen and oxygen atoms in total. The molecule has 0 bridgehead atoms. The van der Waals surface area contributed by atoms with Gasteiger partial charge in [0.2, 0.25) is 0 Å². The third-order valence-corrected chi connectivity index (χ3v) is 4.59. The molecular formula is C16H12F3N3S. The summed E-state index contributed by atoms with van der Waals surface area (Å²) in [6.07, 6.45) is 3.22. The SMILES string of the molecule is CC(N)c1sc(-c2ccncc2)nc1-c1ccc(F)c(F)c1F. The highest BCUT2D eigenvalue weighted by Gasteiger charge is 2.22. The van der Waals surface area contributed by atoms with Gasteiger partial charge in [0, 0.05) is 34.4 Å². The van der Waals surface area contributed by atoms with Gasteiger partial charge in [-0.1, -0.05) is 0 Å². The predicted octanol–water partition coefficient (Wildman–Crippen LogP) is 4.31. The largest absolute Gasteiger partial charge is 0.323 e. The first kappa shape index (κ1) is 15.6. The summed E-state index contributed by atoms with van der Waals surface area (Å²) in [6, 6.07) is 5.14. The van der Waals surface area contributed by atoms with Gasteiger partial charge in [0.1, 0.15) is 5.01 Å². The first-order chi connectivity index (χ1) is 11.0. The van der Waals surface area contributed by atoms with E-state index in [1.807, 2.05) is 0 Å². The van der Waals surface area contributed by atoms with E-state index in [9.17, 15) is 13.2 Å². The van der Waals surface area contributed by atoms with Crippen molar-refractivity contribution in [3.63, 3.8) is 0 Å². The molecule has 1 atom stereocenters. The van der Waals surface area contributed by atoms with Crippen LogP contribution >= 0.6 is 11.3 Å². The number of hydrogen-bond acceptors (Lipinski definition) is 4. The highest BCUT2D eigenvalue weighted by molar-refractivity contribution is 7.15. The molecule has 0 spiro atoms. The number of hydrogen-bond donors (Lipinski definition) is 1. The molecule has 0 aliphatic carbocycles. The van der Waals surface area contributed by atoms with Crippen LogP contribution in [0.15, 0.2) is 36.7 Å². The highest BCUT2D eigenvalue weighted by atomic mass is 32.1. The molecule has 1 aromatic carbocycles. The molecule has 0 amide bonds. The fourth-order valence-electron chi connectivity index (χ4n) is 2.16. The maximum atomic E-state index is 14.1. The van der Waals surface area contributed by atoms with Crippen molar-refractivity contribution >= 4 is 11.3 Å². The minimum absolute atomic E-state index is 0.104. The van der Waals surface area contributed by atoms with Gasteiger partial charge in [-0.15, -0.1) is 11.3 Å². The van der Waals surface area contributed by atoms with Crippen LogP contribution in [0.1, 0.15) is 17.8 Å². The van der Waals surface area contributed by atoms with E-state index in [1.165, 1.54) is 17.4 Å². The molecule has 2 heterocycles. The lowest BCUT2D eigenvalue weighted by atomic mass is 10.1. The van der Waals surface area contributed by atoms with Crippen LogP contribution in [-0.2, 0) is 0 Å². The summed E-state index contributed by atoms with van der Waals surface area (Å²) < 4.78 is 40.8. The Bertz CT molecular complexity index is 847. The van der Waals surface area contributed by atoms with E-state index in [2.05, 4.69) is 9.97 Å². The van der Waals surface area contributed by atoms with Crippen LogP contribution in [0.3, 0.4) is 0 Å².